The highest BCUT2D eigenvalue weighted by Crippen LogP contribution is 2.16. The molecule has 2 fully saturated rings. The van der Waals surface area contributed by atoms with Gasteiger partial charge in [-0.25, -0.2) is 4.98 Å². The number of amides is 2. The van der Waals surface area contributed by atoms with Crippen LogP contribution < -0.4 is 4.90 Å². The molecular formula is C14H18N4O2S. The first kappa shape index (κ1) is 14.2. The molecule has 0 N–H and O–H groups in total. The van der Waals surface area contributed by atoms with E-state index in [0.717, 1.165) is 18.9 Å². The maximum atomic E-state index is 12.2. The van der Waals surface area contributed by atoms with Crippen LogP contribution in [0.2, 0.25) is 0 Å². The quantitative estimate of drug-likeness (QED) is 0.802. The molecular weight excluding hydrogens is 288 g/mol. The van der Waals surface area contributed by atoms with E-state index in [0.29, 0.717) is 24.7 Å². The van der Waals surface area contributed by atoms with Gasteiger partial charge in [0.1, 0.15) is 12.4 Å². The summed E-state index contributed by atoms with van der Waals surface area (Å²) < 4.78 is 0. The molecule has 6 nitrogen and oxygen atoms in total. The zero-order valence-electron chi connectivity index (χ0n) is 11.8. The largest absolute Gasteiger partial charge is 0.353 e. The SMILES string of the molecule is O=C(CN1CSCC1=O)N1CCN(c2ccccn2)CC1. The van der Waals surface area contributed by atoms with Gasteiger partial charge < -0.3 is 14.7 Å². The zero-order chi connectivity index (χ0) is 14.7. The number of pyridine rings is 1. The predicted octanol–water partition coefficient (Wildman–Crippen LogP) is 0.263. The number of carbonyl (C=O) groups excluding carboxylic acids is 2. The maximum absolute atomic E-state index is 12.2. The molecule has 0 unspecified atom stereocenters. The smallest absolute Gasteiger partial charge is 0.242 e. The lowest BCUT2D eigenvalue weighted by Crippen LogP contribution is -2.51. The Labute approximate surface area is 128 Å². The second-order valence-electron chi connectivity index (χ2n) is 5.13. The number of rotatable bonds is 3. The minimum absolute atomic E-state index is 0.0477. The summed E-state index contributed by atoms with van der Waals surface area (Å²) in [6.07, 6.45) is 1.78. The fourth-order valence-corrected chi connectivity index (χ4v) is 3.43. The van der Waals surface area contributed by atoms with Gasteiger partial charge in [0.2, 0.25) is 11.8 Å². The molecule has 112 valence electrons. The maximum Gasteiger partial charge on any atom is 0.242 e. The van der Waals surface area contributed by atoms with Crippen LogP contribution in [0.5, 0.6) is 0 Å². The number of aromatic nitrogens is 1. The van der Waals surface area contributed by atoms with Crippen LogP contribution in [0.25, 0.3) is 0 Å². The highest BCUT2D eigenvalue weighted by Gasteiger charge is 2.27. The molecule has 1 aromatic heterocycles. The van der Waals surface area contributed by atoms with Crippen molar-refractivity contribution < 1.29 is 9.59 Å². The van der Waals surface area contributed by atoms with Gasteiger partial charge in [0, 0.05) is 32.4 Å². The van der Waals surface area contributed by atoms with Crippen LogP contribution in [0, 0.1) is 0 Å². The second-order valence-corrected chi connectivity index (χ2v) is 6.08. The van der Waals surface area contributed by atoms with Crippen molar-refractivity contribution in [3.05, 3.63) is 24.4 Å². The van der Waals surface area contributed by atoms with Crippen LogP contribution in [0.15, 0.2) is 24.4 Å². The molecule has 2 amide bonds. The molecule has 21 heavy (non-hydrogen) atoms. The van der Waals surface area contributed by atoms with E-state index in [2.05, 4.69) is 9.88 Å². The number of thioether (sulfide) groups is 1. The number of anilines is 1. The zero-order valence-corrected chi connectivity index (χ0v) is 12.6. The molecule has 2 aliphatic heterocycles. The highest BCUT2D eigenvalue weighted by atomic mass is 32.2. The lowest BCUT2D eigenvalue weighted by molar-refractivity contribution is -0.138. The number of carbonyl (C=O) groups is 2. The van der Waals surface area contributed by atoms with Crippen LogP contribution in [0.3, 0.4) is 0 Å². The number of hydrogen-bond acceptors (Lipinski definition) is 5. The van der Waals surface area contributed by atoms with Gasteiger partial charge in [-0.05, 0) is 12.1 Å². The molecule has 0 aliphatic carbocycles. The standard InChI is InChI=1S/C14H18N4O2S/c19-13(9-18-11-21-10-14(18)20)17-7-5-16(6-8-17)12-3-1-2-4-15-12/h1-4H,5-11H2. The van der Waals surface area contributed by atoms with Gasteiger partial charge in [0.15, 0.2) is 0 Å². The van der Waals surface area contributed by atoms with E-state index in [1.54, 1.807) is 22.9 Å². The highest BCUT2D eigenvalue weighted by molar-refractivity contribution is 8.00. The van der Waals surface area contributed by atoms with Crippen molar-refractivity contribution in [2.45, 2.75) is 0 Å². The van der Waals surface area contributed by atoms with Crippen molar-refractivity contribution in [3.63, 3.8) is 0 Å². The molecule has 3 heterocycles. The summed E-state index contributed by atoms with van der Waals surface area (Å²) >= 11 is 1.57. The molecule has 0 spiro atoms. The molecule has 2 aliphatic rings. The monoisotopic (exact) mass is 306 g/mol. The minimum Gasteiger partial charge on any atom is -0.353 e. The second kappa shape index (κ2) is 6.34. The van der Waals surface area contributed by atoms with Crippen LogP contribution in [-0.4, -0.2) is 71.0 Å². The number of nitrogens with zero attached hydrogens (tertiary/aromatic N) is 4. The van der Waals surface area contributed by atoms with Crippen molar-refractivity contribution in [2.24, 2.45) is 0 Å². The summed E-state index contributed by atoms with van der Waals surface area (Å²) in [5.74, 6) is 2.21. The molecule has 1 aromatic rings. The Hall–Kier alpha value is -1.76. The summed E-state index contributed by atoms with van der Waals surface area (Å²) in [7, 11) is 0. The van der Waals surface area contributed by atoms with E-state index in [4.69, 9.17) is 0 Å². The van der Waals surface area contributed by atoms with E-state index in [1.807, 2.05) is 23.1 Å². The Morgan fingerprint density at radius 2 is 2.05 bits per heavy atom. The van der Waals surface area contributed by atoms with Crippen molar-refractivity contribution in [2.75, 3.05) is 49.3 Å². The first-order valence-corrected chi connectivity index (χ1v) is 8.19. The average molecular weight is 306 g/mol. The molecule has 3 rings (SSSR count). The third-order valence-electron chi connectivity index (χ3n) is 3.76. The lowest BCUT2D eigenvalue weighted by atomic mass is 10.3. The van der Waals surface area contributed by atoms with Gasteiger partial charge in [-0.1, -0.05) is 6.07 Å². The van der Waals surface area contributed by atoms with E-state index in [9.17, 15) is 9.59 Å². The van der Waals surface area contributed by atoms with Gasteiger partial charge in [-0.3, -0.25) is 9.59 Å². The molecule has 7 heteroatoms. The Morgan fingerprint density at radius 3 is 2.67 bits per heavy atom. The van der Waals surface area contributed by atoms with Crippen molar-refractivity contribution in [3.8, 4) is 0 Å². The van der Waals surface area contributed by atoms with Crippen LogP contribution in [-0.2, 0) is 9.59 Å². The normalized spacial score (nSPS) is 19.2. The summed E-state index contributed by atoms with van der Waals surface area (Å²) in [5.41, 5.74) is 0. The van der Waals surface area contributed by atoms with Gasteiger partial charge in [-0.15, -0.1) is 11.8 Å². The molecule has 2 saturated heterocycles. The molecule has 0 aromatic carbocycles. The summed E-state index contributed by atoms with van der Waals surface area (Å²) in [6.45, 7) is 3.15. The molecule has 0 bridgehead atoms. The fraction of sp³-hybridized carbons (Fsp3) is 0.500. The Morgan fingerprint density at radius 1 is 1.24 bits per heavy atom. The molecule has 0 radical (unpaired) electrons. The molecule has 0 atom stereocenters. The lowest BCUT2D eigenvalue weighted by Gasteiger charge is -2.36. The number of hydrogen-bond donors (Lipinski definition) is 0. The third kappa shape index (κ3) is 3.29. The summed E-state index contributed by atoms with van der Waals surface area (Å²) in [5, 5.41) is 0. The number of piperazine rings is 1. The van der Waals surface area contributed by atoms with Crippen LogP contribution in [0.4, 0.5) is 5.82 Å². The summed E-state index contributed by atoms with van der Waals surface area (Å²) in [6, 6.07) is 5.85. The van der Waals surface area contributed by atoms with Gasteiger partial charge in [0.25, 0.3) is 0 Å². The van der Waals surface area contributed by atoms with Gasteiger partial charge >= 0.3 is 0 Å². The minimum atomic E-state index is 0.0477. The Bertz CT molecular complexity index is 517. The fourth-order valence-electron chi connectivity index (χ4n) is 2.53. The predicted molar refractivity (Wildman–Crippen MR) is 82.1 cm³/mol. The van der Waals surface area contributed by atoms with Crippen molar-refractivity contribution >= 4 is 29.4 Å². The topological polar surface area (TPSA) is 56.8 Å². The third-order valence-corrected chi connectivity index (χ3v) is 4.70. The van der Waals surface area contributed by atoms with Crippen molar-refractivity contribution in [1.29, 1.82) is 0 Å². The van der Waals surface area contributed by atoms with E-state index in [-0.39, 0.29) is 18.4 Å². The van der Waals surface area contributed by atoms with Gasteiger partial charge in [0.05, 0.1) is 11.6 Å². The summed E-state index contributed by atoms with van der Waals surface area (Å²) in [4.78, 5) is 33.8. The molecule has 0 saturated carbocycles. The van der Waals surface area contributed by atoms with E-state index in [1.165, 1.54) is 0 Å². The van der Waals surface area contributed by atoms with E-state index < -0.39 is 0 Å². The Kier molecular flexibility index (Phi) is 4.28. The Balaban J connectivity index is 1.51. The van der Waals surface area contributed by atoms with Gasteiger partial charge in [-0.2, -0.15) is 0 Å². The first-order valence-electron chi connectivity index (χ1n) is 7.03. The first-order chi connectivity index (χ1) is 10.2. The van der Waals surface area contributed by atoms with Crippen LogP contribution in [0.1, 0.15) is 0 Å². The average Bonchev–Trinajstić information content (AvgIpc) is 2.93. The van der Waals surface area contributed by atoms with Crippen molar-refractivity contribution in [1.82, 2.24) is 14.8 Å². The van der Waals surface area contributed by atoms with E-state index >= 15 is 0 Å². The van der Waals surface area contributed by atoms with Crippen LogP contribution >= 0.6 is 11.8 Å².